The fourth-order valence-corrected chi connectivity index (χ4v) is 3.47. The third-order valence-electron chi connectivity index (χ3n) is 5.14. The molecule has 0 aliphatic carbocycles. The highest BCUT2D eigenvalue weighted by Gasteiger charge is 2.53. The molecule has 2 aromatic rings. The first kappa shape index (κ1) is 21.3. The molecule has 0 bridgehead atoms. The van der Waals surface area contributed by atoms with Crippen LogP contribution in [-0.2, 0) is 11.2 Å². The van der Waals surface area contributed by atoms with Gasteiger partial charge in [0.25, 0.3) is 0 Å². The Hall–Kier alpha value is -2.42. The van der Waals surface area contributed by atoms with Crippen molar-refractivity contribution in [3.63, 3.8) is 0 Å². The molecule has 3 unspecified atom stereocenters. The normalized spacial score (nSPS) is 23.6. The Morgan fingerprint density at radius 3 is 2.41 bits per heavy atom. The van der Waals surface area contributed by atoms with E-state index in [2.05, 4.69) is 0 Å². The van der Waals surface area contributed by atoms with Crippen molar-refractivity contribution in [2.45, 2.75) is 37.1 Å². The molecule has 3 atom stereocenters. The summed E-state index contributed by atoms with van der Waals surface area (Å²) in [6.45, 7) is -0.948. The van der Waals surface area contributed by atoms with Gasteiger partial charge in [-0.1, -0.05) is 12.1 Å². The summed E-state index contributed by atoms with van der Waals surface area (Å²) in [5.41, 5.74) is 1.91. The third-order valence-corrected chi connectivity index (χ3v) is 5.14. The minimum absolute atomic E-state index is 0.195. The van der Waals surface area contributed by atoms with E-state index in [4.69, 9.17) is 14.2 Å². The molecule has 1 heterocycles. The van der Waals surface area contributed by atoms with Crippen LogP contribution >= 0.6 is 0 Å². The van der Waals surface area contributed by atoms with E-state index in [1.165, 1.54) is 13.2 Å². The van der Waals surface area contributed by atoms with Crippen LogP contribution in [0, 0.1) is 0 Å². The Labute approximate surface area is 167 Å². The van der Waals surface area contributed by atoms with Crippen LogP contribution in [0.25, 0.3) is 0 Å². The SMILES string of the molecule is COc1ccc(Cc2cc(C3CC(O)C(F)(F)C(CO)O3)c(O)cc2OC)cc1. The monoisotopic (exact) mass is 410 g/mol. The summed E-state index contributed by atoms with van der Waals surface area (Å²) in [7, 11) is 3.04. The predicted octanol–water partition coefficient (Wildman–Crippen LogP) is 2.82. The van der Waals surface area contributed by atoms with Crippen LogP contribution in [0.3, 0.4) is 0 Å². The Morgan fingerprint density at radius 2 is 1.83 bits per heavy atom. The average Bonchev–Trinajstić information content (AvgIpc) is 2.71. The largest absolute Gasteiger partial charge is 0.507 e. The number of ether oxygens (including phenoxy) is 3. The maximum atomic E-state index is 14.0. The summed E-state index contributed by atoms with van der Waals surface area (Å²) in [4.78, 5) is 0. The van der Waals surface area contributed by atoms with Gasteiger partial charge in [0.05, 0.1) is 26.9 Å². The number of methoxy groups -OCH3 is 2. The molecule has 3 N–H and O–H groups in total. The summed E-state index contributed by atoms with van der Waals surface area (Å²) in [5.74, 6) is -2.62. The van der Waals surface area contributed by atoms with Crippen molar-refractivity contribution in [1.82, 2.24) is 0 Å². The predicted molar refractivity (Wildman–Crippen MR) is 101 cm³/mol. The van der Waals surface area contributed by atoms with Crippen LogP contribution in [0.5, 0.6) is 17.2 Å². The molecular weight excluding hydrogens is 386 g/mol. The van der Waals surface area contributed by atoms with Gasteiger partial charge >= 0.3 is 5.92 Å². The highest BCUT2D eigenvalue weighted by molar-refractivity contribution is 5.49. The molecule has 0 spiro atoms. The second-order valence-electron chi connectivity index (χ2n) is 6.97. The minimum Gasteiger partial charge on any atom is -0.507 e. The topological polar surface area (TPSA) is 88.4 Å². The number of phenols is 1. The third kappa shape index (κ3) is 4.29. The number of benzene rings is 2. The fraction of sp³-hybridized carbons (Fsp3) is 0.429. The van der Waals surface area contributed by atoms with E-state index in [-0.39, 0.29) is 11.3 Å². The molecule has 1 saturated heterocycles. The number of rotatable bonds is 6. The van der Waals surface area contributed by atoms with Crippen molar-refractivity contribution in [2.75, 3.05) is 20.8 Å². The molecule has 0 amide bonds. The maximum Gasteiger partial charge on any atom is 0.301 e. The van der Waals surface area contributed by atoms with E-state index < -0.39 is 37.3 Å². The summed E-state index contributed by atoms with van der Waals surface area (Å²) in [6.07, 6.45) is -4.81. The zero-order chi connectivity index (χ0) is 21.2. The Kier molecular flexibility index (Phi) is 6.26. The number of hydrogen-bond acceptors (Lipinski definition) is 6. The average molecular weight is 410 g/mol. The van der Waals surface area contributed by atoms with Gasteiger partial charge in [0.1, 0.15) is 29.5 Å². The van der Waals surface area contributed by atoms with Gasteiger partial charge in [0.15, 0.2) is 0 Å². The lowest BCUT2D eigenvalue weighted by atomic mass is 9.91. The number of hydrogen-bond donors (Lipinski definition) is 3. The first-order valence-corrected chi connectivity index (χ1v) is 9.15. The highest BCUT2D eigenvalue weighted by atomic mass is 19.3. The summed E-state index contributed by atoms with van der Waals surface area (Å²) in [5, 5.41) is 29.5. The van der Waals surface area contributed by atoms with Gasteiger partial charge in [-0.25, -0.2) is 8.78 Å². The maximum absolute atomic E-state index is 14.0. The molecule has 0 aromatic heterocycles. The van der Waals surface area contributed by atoms with E-state index in [1.54, 1.807) is 13.2 Å². The van der Waals surface area contributed by atoms with Gasteiger partial charge in [-0.05, 0) is 29.3 Å². The molecule has 8 heteroatoms. The van der Waals surface area contributed by atoms with Crippen LogP contribution < -0.4 is 9.47 Å². The first-order valence-electron chi connectivity index (χ1n) is 9.15. The number of alkyl halides is 2. The molecule has 2 aromatic carbocycles. The van der Waals surface area contributed by atoms with Crippen molar-refractivity contribution in [1.29, 1.82) is 0 Å². The van der Waals surface area contributed by atoms with Crippen molar-refractivity contribution < 1.29 is 38.3 Å². The molecule has 3 rings (SSSR count). The van der Waals surface area contributed by atoms with E-state index >= 15 is 0 Å². The first-order chi connectivity index (χ1) is 13.8. The molecule has 0 saturated carbocycles. The van der Waals surface area contributed by atoms with Crippen LogP contribution in [-0.4, -0.2) is 54.3 Å². The second kappa shape index (κ2) is 8.52. The zero-order valence-corrected chi connectivity index (χ0v) is 16.1. The van der Waals surface area contributed by atoms with Crippen molar-refractivity contribution in [3.8, 4) is 17.2 Å². The standard InChI is InChI=1S/C21H24F2O6/c1-27-14-5-3-12(4-6-14)7-13-8-15(16(25)9-17(13)28-2)18-10-19(26)21(22,23)20(11-24)29-18/h3-6,8-9,18-20,24-26H,7,10-11H2,1-2H3. The van der Waals surface area contributed by atoms with E-state index in [1.807, 2.05) is 24.3 Å². The second-order valence-corrected chi connectivity index (χ2v) is 6.97. The smallest absolute Gasteiger partial charge is 0.301 e. The molecule has 0 radical (unpaired) electrons. The minimum atomic E-state index is -3.57. The van der Waals surface area contributed by atoms with Gasteiger partial charge in [-0.2, -0.15) is 0 Å². The van der Waals surface area contributed by atoms with Gasteiger partial charge in [-0.3, -0.25) is 0 Å². The molecule has 6 nitrogen and oxygen atoms in total. The lowest BCUT2D eigenvalue weighted by Crippen LogP contribution is -2.53. The van der Waals surface area contributed by atoms with E-state index in [0.29, 0.717) is 23.5 Å². The van der Waals surface area contributed by atoms with Crippen molar-refractivity contribution >= 4 is 0 Å². The highest BCUT2D eigenvalue weighted by Crippen LogP contribution is 2.44. The Morgan fingerprint density at radius 1 is 1.14 bits per heavy atom. The van der Waals surface area contributed by atoms with Crippen molar-refractivity contribution in [2.24, 2.45) is 0 Å². The lowest BCUT2D eigenvalue weighted by Gasteiger charge is -2.39. The summed E-state index contributed by atoms with van der Waals surface area (Å²) < 4.78 is 43.8. The number of halogens is 2. The summed E-state index contributed by atoms with van der Waals surface area (Å²) >= 11 is 0. The van der Waals surface area contributed by atoms with Crippen LogP contribution in [0.15, 0.2) is 36.4 Å². The summed E-state index contributed by atoms with van der Waals surface area (Å²) in [6, 6.07) is 10.4. The number of aliphatic hydroxyl groups excluding tert-OH is 2. The molecule has 1 aliphatic rings. The molecule has 29 heavy (non-hydrogen) atoms. The lowest BCUT2D eigenvalue weighted by molar-refractivity contribution is -0.259. The van der Waals surface area contributed by atoms with Crippen LogP contribution in [0.4, 0.5) is 8.78 Å². The van der Waals surface area contributed by atoms with E-state index in [0.717, 1.165) is 5.56 Å². The van der Waals surface area contributed by atoms with Gasteiger partial charge in [0.2, 0.25) is 0 Å². The number of aliphatic hydroxyl groups is 2. The fourth-order valence-electron chi connectivity index (χ4n) is 3.47. The molecule has 1 aliphatic heterocycles. The Bertz CT molecular complexity index is 840. The van der Waals surface area contributed by atoms with Gasteiger partial charge < -0.3 is 29.5 Å². The molecule has 158 valence electrons. The van der Waals surface area contributed by atoms with Crippen molar-refractivity contribution in [3.05, 3.63) is 53.1 Å². The zero-order valence-electron chi connectivity index (χ0n) is 16.1. The van der Waals surface area contributed by atoms with Gasteiger partial charge in [-0.15, -0.1) is 0 Å². The molecule has 1 fully saturated rings. The van der Waals surface area contributed by atoms with Gasteiger partial charge in [0, 0.05) is 24.5 Å². The molecular formula is C21H24F2O6. The van der Waals surface area contributed by atoms with E-state index in [9.17, 15) is 24.1 Å². The Balaban J connectivity index is 1.92. The quantitative estimate of drug-likeness (QED) is 0.679. The van der Waals surface area contributed by atoms with Crippen LogP contribution in [0.2, 0.25) is 0 Å². The number of aromatic hydroxyl groups is 1. The van der Waals surface area contributed by atoms with Crippen LogP contribution in [0.1, 0.15) is 29.2 Å². The number of phenolic OH excluding ortho intramolecular Hbond substituents is 1.